The molecule has 7 nitrogen and oxygen atoms in total. The Balaban J connectivity index is 1.39. The maximum absolute atomic E-state index is 13.6. The molecule has 2 aliphatic rings. The van der Waals surface area contributed by atoms with Gasteiger partial charge in [-0.3, -0.25) is 4.79 Å². The van der Waals surface area contributed by atoms with Crippen LogP contribution in [0.2, 0.25) is 0 Å². The fourth-order valence-corrected chi connectivity index (χ4v) is 5.29. The van der Waals surface area contributed by atoms with Gasteiger partial charge in [0.1, 0.15) is 22.2 Å². The molecule has 1 amide bonds. The van der Waals surface area contributed by atoms with Crippen LogP contribution in [0.15, 0.2) is 36.5 Å². The van der Waals surface area contributed by atoms with E-state index in [0.29, 0.717) is 28.9 Å². The van der Waals surface area contributed by atoms with E-state index in [-0.39, 0.29) is 17.8 Å². The molecular weight excluding hydrogens is 429 g/mol. The van der Waals surface area contributed by atoms with Crippen LogP contribution < -0.4 is 5.32 Å². The first-order chi connectivity index (χ1) is 15.4. The van der Waals surface area contributed by atoms with Gasteiger partial charge in [-0.1, -0.05) is 12.1 Å². The number of hydrogen-bond acceptors (Lipinski definition) is 7. The van der Waals surface area contributed by atoms with E-state index >= 15 is 0 Å². The maximum Gasteiger partial charge on any atom is 0.274 e. The summed E-state index contributed by atoms with van der Waals surface area (Å²) in [5.74, 6) is 0.102. The number of aromatic nitrogens is 3. The molecule has 1 N–H and O–H groups in total. The van der Waals surface area contributed by atoms with Crippen LogP contribution in [-0.4, -0.2) is 45.0 Å². The molecule has 0 spiro atoms. The first-order valence-electron chi connectivity index (χ1n) is 10.7. The molecule has 32 heavy (non-hydrogen) atoms. The summed E-state index contributed by atoms with van der Waals surface area (Å²) in [5.41, 5.74) is 1.34. The van der Waals surface area contributed by atoms with Crippen molar-refractivity contribution < 1.29 is 13.9 Å². The van der Waals surface area contributed by atoms with Crippen LogP contribution in [0.3, 0.4) is 0 Å². The number of carbonyl (C=O) groups is 1. The summed E-state index contributed by atoms with van der Waals surface area (Å²) < 4.78 is 19.0. The molecule has 2 aromatic heterocycles. The summed E-state index contributed by atoms with van der Waals surface area (Å²) in [6.45, 7) is 5.79. The summed E-state index contributed by atoms with van der Waals surface area (Å²) in [6.07, 6.45) is 3.55. The molecule has 0 bridgehead atoms. The van der Waals surface area contributed by atoms with Crippen LogP contribution in [0.1, 0.15) is 47.6 Å². The quantitative estimate of drug-likeness (QED) is 0.623. The minimum atomic E-state index is -0.551. The van der Waals surface area contributed by atoms with E-state index in [4.69, 9.17) is 4.74 Å². The van der Waals surface area contributed by atoms with Gasteiger partial charge in [-0.05, 0) is 50.5 Å². The smallest absolute Gasteiger partial charge is 0.274 e. The lowest BCUT2D eigenvalue weighted by Gasteiger charge is -2.32. The molecule has 0 radical (unpaired) electrons. The number of nitrogens with zero attached hydrogens (tertiary/aromatic N) is 4. The zero-order valence-corrected chi connectivity index (χ0v) is 18.8. The highest BCUT2D eigenvalue weighted by molar-refractivity contribution is 7.15. The molecule has 4 heterocycles. The van der Waals surface area contributed by atoms with Crippen molar-refractivity contribution in [3.63, 3.8) is 0 Å². The minimum Gasteiger partial charge on any atom is -0.381 e. The third-order valence-corrected chi connectivity index (χ3v) is 7.36. The number of ether oxygens (including phenoxy) is 1. The fourth-order valence-electron chi connectivity index (χ4n) is 4.15. The van der Waals surface area contributed by atoms with Crippen LogP contribution in [0.5, 0.6) is 0 Å². The van der Waals surface area contributed by atoms with E-state index < -0.39 is 5.54 Å². The average Bonchev–Trinajstić information content (AvgIpc) is 3.30. The molecule has 1 aromatic carbocycles. The molecular formula is C23H24FN5O2S. The number of thiazole rings is 1. The maximum atomic E-state index is 13.6. The van der Waals surface area contributed by atoms with Gasteiger partial charge < -0.3 is 15.0 Å². The molecule has 3 aromatic rings. The molecule has 1 saturated heterocycles. The van der Waals surface area contributed by atoms with Gasteiger partial charge in [0.25, 0.3) is 5.91 Å². The van der Waals surface area contributed by atoms with Gasteiger partial charge in [-0.2, -0.15) is 0 Å². The Kier molecular flexibility index (Phi) is 5.38. The van der Waals surface area contributed by atoms with Gasteiger partial charge in [0.2, 0.25) is 5.95 Å². The molecule has 5 rings (SSSR count). The Morgan fingerprint density at radius 3 is 2.81 bits per heavy atom. The third-order valence-electron chi connectivity index (χ3n) is 5.96. The predicted molar refractivity (Wildman–Crippen MR) is 120 cm³/mol. The number of amides is 1. The summed E-state index contributed by atoms with van der Waals surface area (Å²) in [4.78, 5) is 29.5. The van der Waals surface area contributed by atoms with E-state index in [1.165, 1.54) is 23.5 Å². The highest BCUT2D eigenvalue weighted by Crippen LogP contribution is 2.44. The topological polar surface area (TPSA) is 80.2 Å². The fraction of sp³-hybridized carbons (Fsp3) is 0.391. The van der Waals surface area contributed by atoms with Crippen LogP contribution in [-0.2, 0) is 16.8 Å². The van der Waals surface area contributed by atoms with E-state index in [9.17, 15) is 9.18 Å². The highest BCUT2D eigenvalue weighted by Gasteiger charge is 2.46. The Morgan fingerprint density at radius 1 is 1.25 bits per heavy atom. The summed E-state index contributed by atoms with van der Waals surface area (Å²) in [6, 6.07) is 8.44. The molecule has 9 heteroatoms. The monoisotopic (exact) mass is 453 g/mol. The van der Waals surface area contributed by atoms with E-state index in [1.54, 1.807) is 17.2 Å². The van der Waals surface area contributed by atoms with Crippen molar-refractivity contribution in [2.45, 2.75) is 44.8 Å². The molecule has 1 fully saturated rings. The molecule has 166 valence electrons. The van der Waals surface area contributed by atoms with Gasteiger partial charge in [0.15, 0.2) is 0 Å². The number of fused-ring (bicyclic) bond motifs is 1. The SMILES string of the molecule is CC1(C)c2sc(-c3ccnc(NC4CCOCC4)n3)nc2C(=O)N1Cc1cccc(F)c1. The number of anilines is 1. The van der Waals surface area contributed by atoms with Crippen molar-refractivity contribution in [3.05, 3.63) is 58.5 Å². The minimum absolute atomic E-state index is 0.147. The Bertz CT molecular complexity index is 1160. The van der Waals surface area contributed by atoms with Crippen molar-refractivity contribution in [1.29, 1.82) is 0 Å². The molecule has 2 aliphatic heterocycles. The predicted octanol–water partition coefficient (Wildman–Crippen LogP) is 4.22. The lowest BCUT2D eigenvalue weighted by atomic mass is 10.0. The number of nitrogens with one attached hydrogen (secondary N) is 1. The van der Waals surface area contributed by atoms with Gasteiger partial charge in [-0.15, -0.1) is 11.3 Å². The molecule has 0 aliphatic carbocycles. The first-order valence-corrected chi connectivity index (χ1v) is 11.5. The van der Waals surface area contributed by atoms with Gasteiger partial charge >= 0.3 is 0 Å². The Hall–Kier alpha value is -2.91. The second-order valence-electron chi connectivity index (χ2n) is 8.57. The lowest BCUT2D eigenvalue weighted by Crippen LogP contribution is -2.38. The second-order valence-corrected chi connectivity index (χ2v) is 9.57. The Labute approximate surface area is 189 Å². The molecule has 0 atom stereocenters. The standard InChI is InChI=1S/C23H24FN5O2S/c1-23(2)19-18(21(30)29(23)13-14-4-3-5-15(24)12-14)28-20(32-19)17-6-9-25-22(27-17)26-16-7-10-31-11-8-16/h3-6,9,12,16H,7-8,10-11,13H2,1-2H3,(H,25,26,27). The van der Waals surface area contributed by atoms with Gasteiger partial charge in [0, 0.05) is 32.0 Å². The number of rotatable bonds is 5. The van der Waals surface area contributed by atoms with Gasteiger partial charge in [0.05, 0.1) is 10.4 Å². The zero-order valence-electron chi connectivity index (χ0n) is 18.0. The average molecular weight is 454 g/mol. The van der Waals surface area contributed by atoms with Crippen molar-refractivity contribution in [3.8, 4) is 10.7 Å². The van der Waals surface area contributed by atoms with Crippen molar-refractivity contribution >= 4 is 23.2 Å². The van der Waals surface area contributed by atoms with Crippen molar-refractivity contribution in [2.24, 2.45) is 0 Å². The van der Waals surface area contributed by atoms with Crippen LogP contribution in [0.4, 0.5) is 10.3 Å². The van der Waals surface area contributed by atoms with Crippen molar-refractivity contribution in [2.75, 3.05) is 18.5 Å². The van der Waals surface area contributed by atoms with Crippen LogP contribution in [0.25, 0.3) is 10.7 Å². The first kappa shape index (κ1) is 21.0. The summed E-state index contributed by atoms with van der Waals surface area (Å²) in [5, 5.41) is 4.07. The van der Waals surface area contributed by atoms with E-state index in [1.807, 2.05) is 26.0 Å². The van der Waals surface area contributed by atoms with Crippen LogP contribution >= 0.6 is 11.3 Å². The summed E-state index contributed by atoms with van der Waals surface area (Å²) in [7, 11) is 0. The van der Waals surface area contributed by atoms with Crippen molar-refractivity contribution in [1.82, 2.24) is 19.9 Å². The zero-order chi connectivity index (χ0) is 22.3. The lowest BCUT2D eigenvalue weighted by molar-refractivity contribution is 0.0595. The van der Waals surface area contributed by atoms with E-state index in [2.05, 4.69) is 20.3 Å². The number of carbonyl (C=O) groups excluding carboxylic acids is 1. The molecule has 0 saturated carbocycles. The second kappa shape index (κ2) is 8.22. The number of halogens is 1. The van der Waals surface area contributed by atoms with Crippen LogP contribution in [0, 0.1) is 5.82 Å². The van der Waals surface area contributed by atoms with Gasteiger partial charge in [-0.25, -0.2) is 19.3 Å². The van der Waals surface area contributed by atoms with E-state index in [0.717, 1.165) is 36.5 Å². The normalized spacial score (nSPS) is 18.1. The highest BCUT2D eigenvalue weighted by atomic mass is 32.1. The largest absolute Gasteiger partial charge is 0.381 e. The Morgan fingerprint density at radius 2 is 2.06 bits per heavy atom. The number of benzene rings is 1. The molecule has 0 unspecified atom stereocenters. The number of hydrogen-bond donors (Lipinski definition) is 1. The summed E-state index contributed by atoms with van der Waals surface area (Å²) >= 11 is 1.47. The third kappa shape index (κ3) is 3.86.